The van der Waals surface area contributed by atoms with Crippen molar-refractivity contribution in [1.82, 2.24) is 19.7 Å². The third-order valence-corrected chi connectivity index (χ3v) is 6.66. The van der Waals surface area contributed by atoms with E-state index in [2.05, 4.69) is 15.0 Å². The minimum atomic E-state index is -4.19. The molecule has 0 aliphatic carbocycles. The minimum Gasteiger partial charge on any atom is -0.325 e. The number of nitrogens with zero attached hydrogens (tertiary/aromatic N) is 2. The first-order chi connectivity index (χ1) is 15.9. The van der Waals surface area contributed by atoms with Gasteiger partial charge in [0, 0.05) is 31.3 Å². The van der Waals surface area contributed by atoms with Gasteiger partial charge in [-0.3, -0.25) is 4.79 Å². The molecule has 1 heterocycles. The van der Waals surface area contributed by atoms with Gasteiger partial charge in [-0.2, -0.15) is 13.1 Å². The predicted octanol–water partition coefficient (Wildman–Crippen LogP) is 2.69. The molecule has 0 fully saturated rings. The van der Waals surface area contributed by atoms with Crippen molar-refractivity contribution >= 4 is 49.4 Å². The van der Waals surface area contributed by atoms with E-state index in [0.29, 0.717) is 17.3 Å². The molecule has 3 rings (SSSR count). The SMILES string of the molecule is CC(C)NS(=O)(=O)NC(=O)N[C@@H](Cc1cc(F)cc(F)c1)C(=O)N(C)c1ccc2scnc2c1. The van der Waals surface area contributed by atoms with Gasteiger partial charge in [0.15, 0.2) is 0 Å². The van der Waals surface area contributed by atoms with E-state index in [1.165, 1.54) is 23.3 Å². The maximum Gasteiger partial charge on any atom is 0.330 e. The summed E-state index contributed by atoms with van der Waals surface area (Å²) in [7, 11) is -2.73. The zero-order valence-electron chi connectivity index (χ0n) is 18.5. The summed E-state index contributed by atoms with van der Waals surface area (Å²) in [6.45, 7) is 3.13. The standard InChI is InChI=1S/C21H23F2N5O4S2/c1-12(2)26-34(31,32)27-21(30)25-18(8-13-6-14(22)9-15(23)7-13)20(29)28(3)16-4-5-19-17(10-16)24-11-33-19/h4-7,9-12,18,26H,8H2,1-3H3,(H2,25,27,30)/t18-/m0/s1. The molecule has 34 heavy (non-hydrogen) atoms. The zero-order chi connectivity index (χ0) is 25.0. The lowest BCUT2D eigenvalue weighted by atomic mass is 10.0. The Morgan fingerprint density at radius 3 is 2.44 bits per heavy atom. The molecule has 1 aromatic heterocycles. The van der Waals surface area contributed by atoms with E-state index in [4.69, 9.17) is 0 Å². The number of anilines is 1. The normalized spacial score (nSPS) is 12.5. The van der Waals surface area contributed by atoms with Crippen molar-refractivity contribution in [2.75, 3.05) is 11.9 Å². The van der Waals surface area contributed by atoms with E-state index < -0.39 is 45.9 Å². The highest BCUT2D eigenvalue weighted by molar-refractivity contribution is 7.88. The summed E-state index contributed by atoms with van der Waals surface area (Å²) in [5.41, 5.74) is 2.90. The second-order valence-electron chi connectivity index (χ2n) is 7.79. The van der Waals surface area contributed by atoms with Crippen molar-refractivity contribution < 1.29 is 26.8 Å². The number of nitrogens with one attached hydrogen (secondary N) is 3. The van der Waals surface area contributed by atoms with Crippen molar-refractivity contribution in [3.8, 4) is 0 Å². The van der Waals surface area contributed by atoms with Crippen LogP contribution in [0.5, 0.6) is 0 Å². The Bertz CT molecular complexity index is 1290. The van der Waals surface area contributed by atoms with Crippen LogP contribution in [0.25, 0.3) is 10.2 Å². The van der Waals surface area contributed by atoms with Crippen LogP contribution in [0, 0.1) is 11.6 Å². The summed E-state index contributed by atoms with van der Waals surface area (Å²) in [4.78, 5) is 31.2. The van der Waals surface area contributed by atoms with E-state index >= 15 is 0 Å². The van der Waals surface area contributed by atoms with Crippen LogP contribution in [0.3, 0.4) is 0 Å². The molecular weight excluding hydrogens is 488 g/mol. The number of rotatable bonds is 8. The average Bonchev–Trinajstić information content (AvgIpc) is 3.17. The molecular formula is C21H23F2N5O4S2. The summed E-state index contributed by atoms with van der Waals surface area (Å²) in [5, 5.41) is 2.30. The van der Waals surface area contributed by atoms with E-state index in [1.54, 1.807) is 42.3 Å². The van der Waals surface area contributed by atoms with Gasteiger partial charge in [-0.1, -0.05) is 0 Å². The quantitative estimate of drug-likeness (QED) is 0.430. The Balaban J connectivity index is 1.86. The predicted molar refractivity (Wildman–Crippen MR) is 126 cm³/mol. The van der Waals surface area contributed by atoms with Crippen molar-refractivity contribution in [3.05, 3.63) is 59.1 Å². The van der Waals surface area contributed by atoms with Gasteiger partial charge in [-0.15, -0.1) is 11.3 Å². The van der Waals surface area contributed by atoms with E-state index in [0.717, 1.165) is 16.8 Å². The Labute approximate surface area is 199 Å². The Morgan fingerprint density at radius 2 is 1.79 bits per heavy atom. The summed E-state index contributed by atoms with van der Waals surface area (Å²) >= 11 is 1.43. The molecule has 2 aromatic carbocycles. The maximum absolute atomic E-state index is 13.7. The Kier molecular flexibility index (Phi) is 7.79. The molecule has 0 spiro atoms. The molecule has 0 saturated heterocycles. The van der Waals surface area contributed by atoms with Crippen molar-refractivity contribution in [3.63, 3.8) is 0 Å². The molecule has 3 N–H and O–H groups in total. The molecule has 0 unspecified atom stereocenters. The van der Waals surface area contributed by atoms with Gasteiger partial charge in [-0.05, 0) is 49.7 Å². The number of halogens is 2. The lowest BCUT2D eigenvalue weighted by Gasteiger charge is -2.25. The summed E-state index contributed by atoms with van der Waals surface area (Å²) in [6.07, 6.45) is -0.290. The number of likely N-dealkylation sites (N-methyl/N-ethyl adjacent to an activating group) is 1. The van der Waals surface area contributed by atoms with E-state index in [1.807, 2.05) is 0 Å². The van der Waals surface area contributed by atoms with Gasteiger partial charge in [-0.25, -0.2) is 23.3 Å². The molecule has 1 atom stereocenters. The van der Waals surface area contributed by atoms with Crippen LogP contribution >= 0.6 is 11.3 Å². The third-order valence-electron chi connectivity index (χ3n) is 4.62. The topological polar surface area (TPSA) is 120 Å². The summed E-state index contributed by atoms with van der Waals surface area (Å²) in [6, 6.07) is 4.90. The number of carbonyl (C=O) groups is 2. The number of fused-ring (bicyclic) bond motifs is 1. The average molecular weight is 512 g/mol. The fraction of sp³-hybridized carbons (Fsp3) is 0.286. The monoisotopic (exact) mass is 511 g/mol. The maximum atomic E-state index is 13.7. The fourth-order valence-electron chi connectivity index (χ4n) is 3.23. The number of thiazole rings is 1. The van der Waals surface area contributed by atoms with Crippen LogP contribution in [0.15, 0.2) is 41.9 Å². The molecule has 3 amide bonds. The molecule has 13 heteroatoms. The Hall–Kier alpha value is -3.16. The number of hydrogen-bond donors (Lipinski definition) is 3. The van der Waals surface area contributed by atoms with Crippen LogP contribution in [-0.4, -0.2) is 44.5 Å². The number of amides is 3. The van der Waals surface area contributed by atoms with Crippen LogP contribution < -0.4 is 19.7 Å². The van der Waals surface area contributed by atoms with Crippen molar-refractivity contribution in [2.24, 2.45) is 0 Å². The molecule has 3 aromatic rings. The summed E-state index contributed by atoms with van der Waals surface area (Å²) in [5.74, 6) is -2.34. The van der Waals surface area contributed by atoms with Gasteiger partial charge in [0.25, 0.3) is 0 Å². The molecule has 9 nitrogen and oxygen atoms in total. The number of aromatic nitrogens is 1. The number of urea groups is 1. The fourth-order valence-corrected chi connectivity index (χ4v) is 4.87. The van der Waals surface area contributed by atoms with Gasteiger partial charge in [0.2, 0.25) is 5.91 Å². The Morgan fingerprint density at radius 1 is 1.12 bits per heavy atom. The van der Waals surface area contributed by atoms with E-state index in [-0.39, 0.29) is 12.0 Å². The molecule has 182 valence electrons. The lowest BCUT2D eigenvalue weighted by molar-refractivity contribution is -0.120. The second kappa shape index (κ2) is 10.4. The van der Waals surface area contributed by atoms with Crippen LogP contribution in [-0.2, 0) is 21.4 Å². The first-order valence-electron chi connectivity index (χ1n) is 10.1. The van der Waals surface area contributed by atoms with Crippen LogP contribution in [0.2, 0.25) is 0 Å². The van der Waals surface area contributed by atoms with E-state index in [9.17, 15) is 26.8 Å². The number of benzene rings is 2. The summed E-state index contributed by atoms with van der Waals surface area (Å²) < 4.78 is 56.3. The smallest absolute Gasteiger partial charge is 0.325 e. The first-order valence-corrected chi connectivity index (χ1v) is 12.5. The zero-order valence-corrected chi connectivity index (χ0v) is 20.1. The van der Waals surface area contributed by atoms with Gasteiger partial charge in [0.05, 0.1) is 15.7 Å². The highest BCUT2D eigenvalue weighted by atomic mass is 32.2. The minimum absolute atomic E-state index is 0.0997. The van der Waals surface area contributed by atoms with Crippen molar-refractivity contribution in [1.29, 1.82) is 0 Å². The molecule has 0 radical (unpaired) electrons. The van der Waals surface area contributed by atoms with Crippen LogP contribution in [0.4, 0.5) is 19.3 Å². The molecule has 0 aliphatic rings. The van der Waals surface area contributed by atoms with Gasteiger partial charge < -0.3 is 10.2 Å². The highest BCUT2D eigenvalue weighted by Gasteiger charge is 2.27. The highest BCUT2D eigenvalue weighted by Crippen LogP contribution is 2.24. The second-order valence-corrected chi connectivity index (χ2v) is 10.1. The molecule has 0 bridgehead atoms. The van der Waals surface area contributed by atoms with Gasteiger partial charge in [0.1, 0.15) is 17.7 Å². The largest absolute Gasteiger partial charge is 0.330 e. The number of carbonyl (C=O) groups excluding carboxylic acids is 2. The molecule has 0 aliphatic heterocycles. The third kappa shape index (κ3) is 6.68. The lowest BCUT2D eigenvalue weighted by Crippen LogP contribution is -2.54. The van der Waals surface area contributed by atoms with Gasteiger partial charge >= 0.3 is 16.2 Å². The first kappa shape index (κ1) is 25.5. The van der Waals surface area contributed by atoms with Crippen molar-refractivity contribution in [2.45, 2.75) is 32.4 Å². The molecule has 0 saturated carbocycles. The number of hydrogen-bond acceptors (Lipinski definition) is 6. The van der Waals surface area contributed by atoms with Crippen LogP contribution in [0.1, 0.15) is 19.4 Å².